The fraction of sp³-hybridized carbons (Fsp3) is 1.00. The van der Waals surface area contributed by atoms with Crippen molar-refractivity contribution < 1.29 is 4.74 Å². The summed E-state index contributed by atoms with van der Waals surface area (Å²) in [5.41, 5.74) is -0.0105. The van der Waals surface area contributed by atoms with Gasteiger partial charge in [-0.05, 0) is 39.7 Å². The van der Waals surface area contributed by atoms with Crippen molar-refractivity contribution in [2.45, 2.75) is 52.7 Å². The molecule has 0 fully saturated rings. The maximum absolute atomic E-state index is 5.38. The molecular formula is C11H25NO. The first-order valence-electron chi connectivity index (χ1n) is 5.16. The Balaban J connectivity index is 3.67. The van der Waals surface area contributed by atoms with Crippen molar-refractivity contribution in [1.82, 2.24) is 5.32 Å². The van der Waals surface area contributed by atoms with Crippen LogP contribution in [-0.2, 0) is 4.74 Å². The number of hydrogen-bond donors (Lipinski definition) is 1. The van der Waals surface area contributed by atoms with E-state index in [2.05, 4.69) is 39.9 Å². The van der Waals surface area contributed by atoms with Crippen LogP contribution in [0.5, 0.6) is 0 Å². The summed E-state index contributed by atoms with van der Waals surface area (Å²) in [4.78, 5) is 0. The van der Waals surface area contributed by atoms with Gasteiger partial charge in [0.15, 0.2) is 0 Å². The van der Waals surface area contributed by atoms with Gasteiger partial charge in [-0.25, -0.2) is 0 Å². The number of rotatable bonds is 6. The smallest absolute Gasteiger partial charge is 0.0637 e. The van der Waals surface area contributed by atoms with Crippen molar-refractivity contribution in [3.05, 3.63) is 0 Å². The summed E-state index contributed by atoms with van der Waals surface area (Å²) < 4.78 is 5.38. The predicted molar refractivity (Wildman–Crippen MR) is 58.0 cm³/mol. The summed E-state index contributed by atoms with van der Waals surface area (Å²) in [5, 5.41) is 3.49. The number of ether oxygens (including phenoxy) is 1. The van der Waals surface area contributed by atoms with Gasteiger partial charge in [0.1, 0.15) is 0 Å². The van der Waals surface area contributed by atoms with Gasteiger partial charge in [0, 0.05) is 13.2 Å². The zero-order chi connectivity index (χ0) is 10.5. The minimum Gasteiger partial charge on any atom is -0.379 e. The number of nitrogens with one attached hydrogen (secondary N) is 1. The fourth-order valence-electron chi connectivity index (χ4n) is 1.33. The second-order valence-corrected chi connectivity index (χ2v) is 4.87. The fourth-order valence-corrected chi connectivity index (χ4v) is 1.33. The highest BCUT2D eigenvalue weighted by Gasteiger charge is 2.19. The number of methoxy groups -OCH3 is 1. The van der Waals surface area contributed by atoms with Crippen molar-refractivity contribution in [1.29, 1.82) is 0 Å². The maximum atomic E-state index is 5.38. The second kappa shape index (κ2) is 5.61. The van der Waals surface area contributed by atoms with Crippen LogP contribution in [0.2, 0.25) is 0 Å². The van der Waals surface area contributed by atoms with E-state index in [1.54, 1.807) is 7.11 Å². The van der Waals surface area contributed by atoms with E-state index in [9.17, 15) is 0 Å². The lowest BCUT2D eigenvalue weighted by Crippen LogP contribution is -2.37. The molecule has 0 unspecified atom stereocenters. The largest absolute Gasteiger partial charge is 0.379 e. The maximum Gasteiger partial charge on any atom is 0.0637 e. The molecule has 0 radical (unpaired) electrons. The molecule has 13 heavy (non-hydrogen) atoms. The molecule has 0 heterocycles. The monoisotopic (exact) mass is 187 g/mol. The van der Waals surface area contributed by atoms with Crippen molar-refractivity contribution in [3.8, 4) is 0 Å². The first kappa shape index (κ1) is 12.9. The molecule has 0 bridgehead atoms. The molecule has 0 amide bonds. The van der Waals surface area contributed by atoms with Gasteiger partial charge in [-0.3, -0.25) is 0 Å². The predicted octanol–water partition coefficient (Wildman–Crippen LogP) is 2.44. The van der Waals surface area contributed by atoms with E-state index in [4.69, 9.17) is 4.74 Å². The van der Waals surface area contributed by atoms with Crippen LogP contribution in [0.15, 0.2) is 0 Å². The van der Waals surface area contributed by atoms with Gasteiger partial charge in [0.25, 0.3) is 0 Å². The molecule has 0 spiro atoms. The number of hydrogen-bond acceptors (Lipinski definition) is 2. The van der Waals surface area contributed by atoms with Gasteiger partial charge < -0.3 is 10.1 Å². The van der Waals surface area contributed by atoms with Crippen LogP contribution in [0.4, 0.5) is 0 Å². The Bertz CT molecular complexity index is 132. The van der Waals surface area contributed by atoms with Gasteiger partial charge in [-0.1, -0.05) is 13.8 Å². The van der Waals surface area contributed by atoms with Crippen molar-refractivity contribution in [3.63, 3.8) is 0 Å². The second-order valence-electron chi connectivity index (χ2n) is 4.87. The standard InChI is InChI=1S/C11H25NO/c1-9(2)8-12-10(3)7-11(4,5)13-6/h9-10,12H,7-8H2,1-6H3/t10-/m0/s1. The molecule has 1 atom stereocenters. The molecule has 80 valence electrons. The summed E-state index contributed by atoms with van der Waals surface area (Å²) in [6.45, 7) is 12.0. The zero-order valence-corrected chi connectivity index (χ0v) is 9.98. The highest BCUT2D eigenvalue weighted by molar-refractivity contribution is 4.75. The summed E-state index contributed by atoms with van der Waals surface area (Å²) in [5.74, 6) is 0.716. The molecule has 0 aromatic rings. The normalized spacial score (nSPS) is 15.0. The first-order chi connectivity index (χ1) is 5.87. The quantitative estimate of drug-likeness (QED) is 0.689. The van der Waals surface area contributed by atoms with E-state index in [0.29, 0.717) is 12.0 Å². The van der Waals surface area contributed by atoms with Crippen LogP contribution < -0.4 is 5.32 Å². The van der Waals surface area contributed by atoms with Gasteiger partial charge in [0.2, 0.25) is 0 Å². The summed E-state index contributed by atoms with van der Waals surface area (Å²) in [6.07, 6.45) is 1.05. The van der Waals surface area contributed by atoms with Crippen LogP contribution in [0, 0.1) is 5.92 Å². The summed E-state index contributed by atoms with van der Waals surface area (Å²) in [6, 6.07) is 0.525. The first-order valence-corrected chi connectivity index (χ1v) is 5.16. The van der Waals surface area contributed by atoms with Crippen LogP contribution >= 0.6 is 0 Å². The molecule has 0 saturated carbocycles. The van der Waals surface area contributed by atoms with E-state index in [1.165, 1.54) is 0 Å². The van der Waals surface area contributed by atoms with Gasteiger partial charge in [-0.2, -0.15) is 0 Å². The van der Waals surface area contributed by atoms with Gasteiger partial charge >= 0.3 is 0 Å². The molecule has 0 rings (SSSR count). The van der Waals surface area contributed by atoms with Gasteiger partial charge in [-0.15, -0.1) is 0 Å². The highest BCUT2D eigenvalue weighted by atomic mass is 16.5. The van der Waals surface area contributed by atoms with Crippen molar-refractivity contribution in [2.24, 2.45) is 5.92 Å². The van der Waals surface area contributed by atoms with Crippen molar-refractivity contribution in [2.75, 3.05) is 13.7 Å². The van der Waals surface area contributed by atoms with E-state index in [1.807, 2.05) is 0 Å². The summed E-state index contributed by atoms with van der Waals surface area (Å²) >= 11 is 0. The third-order valence-corrected chi connectivity index (χ3v) is 2.22. The molecule has 1 N–H and O–H groups in total. The minimum atomic E-state index is -0.0105. The lowest BCUT2D eigenvalue weighted by molar-refractivity contribution is 0.00840. The van der Waals surface area contributed by atoms with Gasteiger partial charge in [0.05, 0.1) is 5.60 Å². The topological polar surface area (TPSA) is 21.3 Å². The van der Waals surface area contributed by atoms with Crippen LogP contribution in [0.3, 0.4) is 0 Å². The molecule has 0 aromatic heterocycles. The Morgan fingerprint density at radius 2 is 1.77 bits per heavy atom. The molecular weight excluding hydrogens is 162 g/mol. The van der Waals surface area contributed by atoms with Crippen LogP contribution in [0.25, 0.3) is 0 Å². The third kappa shape index (κ3) is 7.03. The molecule has 0 aliphatic carbocycles. The van der Waals surface area contributed by atoms with E-state index >= 15 is 0 Å². The molecule has 0 aromatic carbocycles. The lowest BCUT2D eigenvalue weighted by Gasteiger charge is -2.27. The Labute approximate surface area is 83.1 Å². The SMILES string of the molecule is COC(C)(C)C[C@H](C)NCC(C)C. The molecule has 0 aliphatic heterocycles. The minimum absolute atomic E-state index is 0.0105. The summed E-state index contributed by atoms with van der Waals surface area (Å²) in [7, 11) is 1.77. The van der Waals surface area contributed by atoms with E-state index in [0.717, 1.165) is 13.0 Å². The average Bonchev–Trinajstić information content (AvgIpc) is 2.00. The average molecular weight is 187 g/mol. The molecule has 0 aliphatic rings. The zero-order valence-electron chi connectivity index (χ0n) is 9.98. The van der Waals surface area contributed by atoms with Crippen LogP contribution in [-0.4, -0.2) is 25.3 Å². The lowest BCUT2D eigenvalue weighted by atomic mass is 9.99. The van der Waals surface area contributed by atoms with Crippen LogP contribution in [0.1, 0.15) is 41.0 Å². The Kier molecular flexibility index (Phi) is 5.57. The highest BCUT2D eigenvalue weighted by Crippen LogP contribution is 2.15. The molecule has 2 heteroatoms. The molecule has 2 nitrogen and oxygen atoms in total. The Morgan fingerprint density at radius 3 is 2.15 bits per heavy atom. The van der Waals surface area contributed by atoms with E-state index < -0.39 is 0 Å². The van der Waals surface area contributed by atoms with E-state index in [-0.39, 0.29) is 5.60 Å². The molecule has 0 saturated heterocycles. The van der Waals surface area contributed by atoms with Crippen molar-refractivity contribution >= 4 is 0 Å². The third-order valence-electron chi connectivity index (χ3n) is 2.22. The Morgan fingerprint density at radius 1 is 1.23 bits per heavy atom. The Hall–Kier alpha value is -0.0800.